The monoisotopic (exact) mass is 308 g/mol. The van der Waals surface area contributed by atoms with Gasteiger partial charge in [-0.15, -0.1) is 0 Å². The summed E-state index contributed by atoms with van der Waals surface area (Å²) in [4.78, 5) is 2.40. The van der Waals surface area contributed by atoms with Crippen LogP contribution in [0.2, 0.25) is 0 Å². The fourth-order valence-corrected chi connectivity index (χ4v) is 3.32. The lowest BCUT2D eigenvalue weighted by atomic mass is 10.1. The van der Waals surface area contributed by atoms with E-state index in [1.54, 1.807) is 36.0 Å². The fourth-order valence-electron chi connectivity index (χ4n) is 1.81. The number of benzene rings is 2. The van der Waals surface area contributed by atoms with E-state index in [1.807, 2.05) is 25.1 Å². The topological polar surface area (TPSA) is 54.4 Å². The van der Waals surface area contributed by atoms with Gasteiger partial charge in [-0.2, -0.15) is 0 Å². The summed E-state index contributed by atoms with van der Waals surface area (Å²) >= 11 is 1.58. The highest BCUT2D eigenvalue weighted by molar-refractivity contribution is 7.99. The summed E-state index contributed by atoms with van der Waals surface area (Å²) in [6.07, 6.45) is 1.20. The molecule has 0 bridgehead atoms. The number of aliphatic hydroxyl groups excluding tert-OH is 1. The molecule has 0 amide bonds. The van der Waals surface area contributed by atoms with Gasteiger partial charge in [-0.25, -0.2) is 8.42 Å². The SMILES string of the molecule is Cc1cc(CO)ccc1Sc1ccc(S(C)(=O)=O)cc1. The van der Waals surface area contributed by atoms with Crippen LogP contribution in [0.4, 0.5) is 0 Å². The van der Waals surface area contributed by atoms with Crippen LogP contribution < -0.4 is 0 Å². The molecule has 5 heteroatoms. The van der Waals surface area contributed by atoms with Crippen LogP contribution in [0.15, 0.2) is 57.2 Å². The summed E-state index contributed by atoms with van der Waals surface area (Å²) in [5.74, 6) is 0. The Bertz CT molecular complexity index is 704. The molecule has 0 spiro atoms. The molecule has 0 aromatic heterocycles. The summed E-state index contributed by atoms with van der Waals surface area (Å²) in [6.45, 7) is 2.03. The van der Waals surface area contributed by atoms with Crippen LogP contribution in [0.3, 0.4) is 0 Å². The lowest BCUT2D eigenvalue weighted by molar-refractivity contribution is 0.281. The second-order valence-corrected chi connectivity index (χ2v) is 7.73. The van der Waals surface area contributed by atoms with Gasteiger partial charge in [0.15, 0.2) is 9.84 Å². The molecule has 20 heavy (non-hydrogen) atoms. The van der Waals surface area contributed by atoms with E-state index in [1.165, 1.54) is 6.26 Å². The maximum Gasteiger partial charge on any atom is 0.175 e. The summed E-state index contributed by atoms with van der Waals surface area (Å²) in [6, 6.07) is 12.7. The minimum absolute atomic E-state index is 0.0366. The summed E-state index contributed by atoms with van der Waals surface area (Å²) in [5.41, 5.74) is 1.98. The average Bonchev–Trinajstić information content (AvgIpc) is 2.40. The third-order valence-corrected chi connectivity index (χ3v) is 5.22. The largest absolute Gasteiger partial charge is 0.392 e. The van der Waals surface area contributed by atoms with E-state index in [4.69, 9.17) is 5.11 Å². The van der Waals surface area contributed by atoms with Gasteiger partial charge in [-0.1, -0.05) is 23.9 Å². The standard InChI is InChI=1S/C15H16O3S2/c1-11-9-12(10-16)3-8-15(11)19-13-4-6-14(7-5-13)20(2,17)18/h3-9,16H,10H2,1-2H3. The zero-order valence-corrected chi connectivity index (χ0v) is 13.0. The Morgan fingerprint density at radius 2 is 1.75 bits per heavy atom. The first-order valence-corrected chi connectivity index (χ1v) is 8.79. The molecule has 0 radical (unpaired) electrons. The molecule has 0 atom stereocenters. The van der Waals surface area contributed by atoms with Crippen molar-refractivity contribution in [1.29, 1.82) is 0 Å². The highest BCUT2D eigenvalue weighted by Crippen LogP contribution is 2.31. The average molecular weight is 308 g/mol. The Morgan fingerprint density at radius 1 is 1.10 bits per heavy atom. The molecule has 0 saturated carbocycles. The van der Waals surface area contributed by atoms with Gasteiger partial charge in [0.25, 0.3) is 0 Å². The first-order chi connectivity index (χ1) is 9.40. The molecule has 3 nitrogen and oxygen atoms in total. The molecule has 2 rings (SSSR count). The third kappa shape index (κ3) is 3.62. The van der Waals surface area contributed by atoms with Crippen LogP contribution in [-0.2, 0) is 16.4 Å². The van der Waals surface area contributed by atoms with Gasteiger partial charge in [0, 0.05) is 16.0 Å². The van der Waals surface area contributed by atoms with Gasteiger partial charge in [0.1, 0.15) is 0 Å². The van der Waals surface area contributed by atoms with Crippen molar-refractivity contribution in [2.45, 2.75) is 28.2 Å². The van der Waals surface area contributed by atoms with Crippen LogP contribution >= 0.6 is 11.8 Å². The van der Waals surface area contributed by atoms with Crippen LogP contribution in [0.5, 0.6) is 0 Å². The summed E-state index contributed by atoms with van der Waals surface area (Å²) < 4.78 is 22.8. The van der Waals surface area contributed by atoms with Gasteiger partial charge >= 0.3 is 0 Å². The molecule has 0 aliphatic rings. The normalized spacial score (nSPS) is 11.6. The second-order valence-electron chi connectivity index (χ2n) is 4.60. The van der Waals surface area contributed by atoms with Crippen LogP contribution in [0.1, 0.15) is 11.1 Å². The lowest BCUT2D eigenvalue weighted by Crippen LogP contribution is -1.96. The van der Waals surface area contributed by atoms with Crippen molar-refractivity contribution in [2.24, 2.45) is 0 Å². The molecule has 0 fully saturated rings. The molecule has 2 aromatic carbocycles. The van der Waals surface area contributed by atoms with Gasteiger partial charge in [0.05, 0.1) is 11.5 Å². The second kappa shape index (κ2) is 5.99. The predicted molar refractivity (Wildman–Crippen MR) is 80.8 cm³/mol. The van der Waals surface area contributed by atoms with Crippen molar-refractivity contribution in [3.8, 4) is 0 Å². The van der Waals surface area contributed by atoms with E-state index in [2.05, 4.69) is 0 Å². The molecule has 1 N–H and O–H groups in total. The highest BCUT2D eigenvalue weighted by Gasteiger charge is 2.07. The molecular weight excluding hydrogens is 292 g/mol. The maximum absolute atomic E-state index is 11.4. The van der Waals surface area contributed by atoms with Crippen molar-refractivity contribution in [3.63, 3.8) is 0 Å². The van der Waals surface area contributed by atoms with E-state index in [-0.39, 0.29) is 6.61 Å². The highest BCUT2D eigenvalue weighted by atomic mass is 32.2. The first kappa shape index (κ1) is 15.1. The van der Waals surface area contributed by atoms with Crippen molar-refractivity contribution in [1.82, 2.24) is 0 Å². The number of rotatable bonds is 4. The zero-order chi connectivity index (χ0) is 14.8. The van der Waals surface area contributed by atoms with Crippen molar-refractivity contribution < 1.29 is 13.5 Å². The molecule has 2 aromatic rings. The van der Waals surface area contributed by atoms with Crippen LogP contribution in [0, 0.1) is 6.92 Å². The van der Waals surface area contributed by atoms with Crippen LogP contribution in [0.25, 0.3) is 0 Å². The van der Waals surface area contributed by atoms with E-state index in [0.717, 1.165) is 20.9 Å². The molecular formula is C15H16O3S2. The Morgan fingerprint density at radius 3 is 2.25 bits per heavy atom. The third-order valence-electron chi connectivity index (χ3n) is 2.90. The van der Waals surface area contributed by atoms with E-state index in [0.29, 0.717) is 4.90 Å². The lowest BCUT2D eigenvalue weighted by Gasteiger charge is -2.07. The molecule has 0 aliphatic heterocycles. The quantitative estimate of drug-likeness (QED) is 0.943. The fraction of sp³-hybridized carbons (Fsp3) is 0.200. The Labute approximate surface area is 123 Å². The van der Waals surface area contributed by atoms with Gasteiger partial charge in [0.2, 0.25) is 0 Å². The zero-order valence-electron chi connectivity index (χ0n) is 11.3. The maximum atomic E-state index is 11.4. The molecule has 106 valence electrons. The van der Waals surface area contributed by atoms with E-state index >= 15 is 0 Å². The smallest absolute Gasteiger partial charge is 0.175 e. The Balaban J connectivity index is 2.22. The number of hydrogen-bond donors (Lipinski definition) is 1. The van der Waals surface area contributed by atoms with Gasteiger partial charge in [-0.3, -0.25) is 0 Å². The first-order valence-electron chi connectivity index (χ1n) is 6.08. The van der Waals surface area contributed by atoms with E-state index < -0.39 is 9.84 Å². The van der Waals surface area contributed by atoms with Crippen LogP contribution in [-0.4, -0.2) is 19.8 Å². The van der Waals surface area contributed by atoms with E-state index in [9.17, 15) is 8.42 Å². The summed E-state index contributed by atoms with van der Waals surface area (Å²) in [7, 11) is -3.15. The Hall–Kier alpha value is -1.30. The minimum Gasteiger partial charge on any atom is -0.392 e. The van der Waals surface area contributed by atoms with Crippen molar-refractivity contribution in [2.75, 3.05) is 6.26 Å². The molecule has 0 heterocycles. The molecule has 0 aliphatic carbocycles. The van der Waals surface area contributed by atoms with Gasteiger partial charge < -0.3 is 5.11 Å². The van der Waals surface area contributed by atoms with Crippen molar-refractivity contribution >= 4 is 21.6 Å². The number of sulfone groups is 1. The number of aryl methyl sites for hydroxylation is 1. The number of hydrogen-bond acceptors (Lipinski definition) is 4. The van der Waals surface area contributed by atoms with Gasteiger partial charge in [-0.05, 0) is 48.4 Å². The number of aliphatic hydroxyl groups is 1. The predicted octanol–water partition coefficient (Wildman–Crippen LogP) is 3.04. The molecule has 0 saturated heterocycles. The van der Waals surface area contributed by atoms with Crippen molar-refractivity contribution in [3.05, 3.63) is 53.6 Å². The summed E-state index contributed by atoms with van der Waals surface area (Å²) in [5, 5.41) is 9.09. The molecule has 0 unspecified atom stereocenters. The Kier molecular flexibility index (Phi) is 4.52. The minimum atomic E-state index is -3.15.